The van der Waals surface area contributed by atoms with Crippen LogP contribution in [0.1, 0.15) is 62.9 Å². The molecule has 11 heteroatoms. The fourth-order valence-electron chi connectivity index (χ4n) is 4.91. The molecule has 1 saturated carbocycles. The summed E-state index contributed by atoms with van der Waals surface area (Å²) in [6, 6.07) is 7.54. The van der Waals surface area contributed by atoms with E-state index in [1.54, 1.807) is 12.4 Å². The number of hydrogen-bond acceptors (Lipinski definition) is 5. The maximum atomic E-state index is 14.5. The van der Waals surface area contributed by atoms with Crippen LogP contribution in [0.2, 0.25) is 23.2 Å². The lowest BCUT2D eigenvalue weighted by Gasteiger charge is -2.37. The molecule has 0 saturated heterocycles. The van der Waals surface area contributed by atoms with Crippen molar-refractivity contribution < 1.29 is 18.0 Å². The third-order valence-electron chi connectivity index (χ3n) is 8.92. The summed E-state index contributed by atoms with van der Waals surface area (Å²) in [5.41, 5.74) is 4.59. The Hall–Kier alpha value is -2.98. The Bertz CT molecular complexity index is 1680. The van der Waals surface area contributed by atoms with E-state index in [2.05, 4.69) is 49.1 Å². The zero-order valence-electron chi connectivity index (χ0n) is 26.0. The molecule has 1 aliphatic rings. The topological polar surface area (TPSA) is 82.2 Å². The second-order valence-electron chi connectivity index (χ2n) is 13.4. The average molecular weight is 658 g/mol. The Morgan fingerprint density at radius 1 is 1.25 bits per heavy atom. The Morgan fingerprint density at radius 2 is 2.00 bits per heavy atom. The van der Waals surface area contributed by atoms with Crippen LogP contribution in [0, 0.1) is 18.2 Å². The van der Waals surface area contributed by atoms with Gasteiger partial charge in [0.2, 0.25) is 5.91 Å². The number of amides is 1. The number of oxazole rings is 1. The number of hydrogen-bond donors (Lipinski definition) is 1. The largest absolute Gasteiger partial charge is 0.441 e. The first kappa shape index (κ1) is 32.4. The van der Waals surface area contributed by atoms with Crippen molar-refractivity contribution in [3.05, 3.63) is 82.5 Å². The number of imidazole rings is 1. The normalized spacial score (nSPS) is 15.9. The molecule has 2 heterocycles. The van der Waals surface area contributed by atoms with E-state index in [9.17, 15) is 9.18 Å². The van der Waals surface area contributed by atoms with Gasteiger partial charge in [-0.1, -0.05) is 38.4 Å². The molecule has 0 aliphatic heterocycles. The summed E-state index contributed by atoms with van der Waals surface area (Å²) >= 11 is 12.6. The molecule has 5 rings (SSSR count). The van der Waals surface area contributed by atoms with Crippen LogP contribution in [0.5, 0.6) is 0 Å². The van der Waals surface area contributed by atoms with E-state index in [-0.39, 0.29) is 28.0 Å². The van der Waals surface area contributed by atoms with Gasteiger partial charge in [-0.15, -0.1) is 11.6 Å². The van der Waals surface area contributed by atoms with E-state index in [1.807, 2.05) is 35.9 Å². The van der Waals surface area contributed by atoms with E-state index in [4.69, 9.17) is 32.0 Å². The second kappa shape index (κ2) is 12.4. The maximum absolute atomic E-state index is 14.5. The molecule has 234 valence electrons. The summed E-state index contributed by atoms with van der Waals surface area (Å²) in [4.78, 5) is 23.0. The van der Waals surface area contributed by atoms with Crippen molar-refractivity contribution in [1.82, 2.24) is 19.9 Å². The number of fused-ring (bicyclic) bond motifs is 1. The smallest absolute Gasteiger partial charge is 0.247 e. The minimum atomic E-state index is -2.19. The first-order chi connectivity index (χ1) is 20.7. The summed E-state index contributed by atoms with van der Waals surface area (Å²) in [6.45, 7) is 12.8. The first-order valence-corrected chi connectivity index (χ1v) is 18.6. The number of halogens is 3. The number of benzene rings is 2. The number of alkyl halides is 1. The van der Waals surface area contributed by atoms with Gasteiger partial charge in [0, 0.05) is 28.2 Å². The number of carbonyl (C=O) groups is 1. The van der Waals surface area contributed by atoms with E-state index in [0.29, 0.717) is 34.5 Å². The highest BCUT2D eigenvalue weighted by molar-refractivity contribution is 6.74. The monoisotopic (exact) mass is 656 g/mol. The highest BCUT2D eigenvalue weighted by Crippen LogP contribution is 2.51. The average Bonchev–Trinajstić information content (AvgIpc) is 3.31. The van der Waals surface area contributed by atoms with Crippen LogP contribution < -0.4 is 5.32 Å². The molecule has 1 amide bonds. The zero-order chi connectivity index (χ0) is 31.9. The van der Waals surface area contributed by atoms with Gasteiger partial charge < -0.3 is 18.7 Å². The summed E-state index contributed by atoms with van der Waals surface area (Å²) < 4.78 is 28.7. The van der Waals surface area contributed by atoms with E-state index >= 15 is 0 Å². The van der Waals surface area contributed by atoms with Crippen molar-refractivity contribution in [1.29, 1.82) is 0 Å². The first-order valence-electron chi connectivity index (χ1n) is 14.7. The minimum absolute atomic E-state index is 0.0462. The van der Waals surface area contributed by atoms with E-state index in [0.717, 1.165) is 29.8 Å². The molecule has 0 bridgehead atoms. The van der Waals surface area contributed by atoms with Crippen LogP contribution in [-0.2, 0) is 9.22 Å². The quantitative estimate of drug-likeness (QED) is 0.0991. The van der Waals surface area contributed by atoms with Crippen LogP contribution in [0.4, 0.5) is 4.39 Å². The van der Waals surface area contributed by atoms with Crippen LogP contribution >= 0.6 is 23.2 Å². The van der Waals surface area contributed by atoms with Crippen molar-refractivity contribution in [2.45, 2.75) is 71.1 Å². The van der Waals surface area contributed by atoms with Gasteiger partial charge in [0.05, 0.1) is 30.4 Å². The van der Waals surface area contributed by atoms with Gasteiger partial charge in [0.25, 0.3) is 0 Å². The minimum Gasteiger partial charge on any atom is -0.441 e. The fraction of sp³-hybridized carbons (Fsp3) is 0.424. The predicted octanol–water partition coefficient (Wildman–Crippen LogP) is 8.79. The van der Waals surface area contributed by atoms with Crippen molar-refractivity contribution in [2.24, 2.45) is 5.41 Å². The van der Waals surface area contributed by atoms with Crippen molar-refractivity contribution in [2.75, 3.05) is 12.5 Å². The lowest BCUT2D eigenvalue weighted by atomic mass is 9.95. The van der Waals surface area contributed by atoms with Gasteiger partial charge in [-0.25, -0.2) is 14.4 Å². The SMILES string of the molecule is Cc1cn(-c2ccc(/C=C(\CC3(CCl)CC3)C(=O)NC(CO[Si](C)(C)C(C)(C)C)c3cc(F)cc(Cl)c3)c3ncoc23)cn1. The lowest BCUT2D eigenvalue weighted by Crippen LogP contribution is -2.43. The van der Waals surface area contributed by atoms with Gasteiger partial charge >= 0.3 is 0 Å². The molecule has 44 heavy (non-hydrogen) atoms. The summed E-state index contributed by atoms with van der Waals surface area (Å²) in [6.07, 6.45) is 9.27. The van der Waals surface area contributed by atoms with Gasteiger partial charge in [-0.2, -0.15) is 0 Å². The molecule has 7 nitrogen and oxygen atoms in total. The molecule has 2 aromatic heterocycles. The molecule has 1 atom stereocenters. The standard InChI is InChI=1S/C33H39Cl2FN4O3Si/c1-21-16-40(19-37-21)28-8-7-22(29-30(28)42-20-38-29)11-24(15-33(18-34)9-10-33)31(41)39-27(17-43-44(5,6)32(2,3)4)23-12-25(35)14-26(36)13-23/h7-8,11-14,16,19-20,27H,9-10,15,17-18H2,1-6H3,(H,39,41)/b24-11+. The fourth-order valence-corrected chi connectivity index (χ4v) is 6.52. The number of nitrogens with one attached hydrogen (secondary N) is 1. The Balaban J connectivity index is 1.51. The molecule has 1 aliphatic carbocycles. The molecule has 0 spiro atoms. The van der Waals surface area contributed by atoms with Crippen molar-refractivity contribution in [3.63, 3.8) is 0 Å². The number of aryl methyl sites for hydroxylation is 1. The Labute approximate surface area is 268 Å². The van der Waals surface area contributed by atoms with Crippen LogP contribution in [0.25, 0.3) is 22.9 Å². The molecule has 1 N–H and O–H groups in total. The Kier molecular flexibility index (Phi) is 9.15. The van der Waals surface area contributed by atoms with Crippen LogP contribution in [0.3, 0.4) is 0 Å². The molecular formula is C33H39Cl2FN4O3Si. The molecule has 2 aromatic carbocycles. The summed E-state index contributed by atoms with van der Waals surface area (Å²) in [5, 5.41) is 3.36. The number of nitrogens with zero attached hydrogens (tertiary/aromatic N) is 3. The van der Waals surface area contributed by atoms with Crippen LogP contribution in [-0.4, -0.2) is 41.2 Å². The predicted molar refractivity (Wildman–Crippen MR) is 176 cm³/mol. The molecule has 0 radical (unpaired) electrons. The van der Waals surface area contributed by atoms with Gasteiger partial charge in [0.1, 0.15) is 11.3 Å². The zero-order valence-corrected chi connectivity index (χ0v) is 28.5. The van der Waals surface area contributed by atoms with E-state index in [1.165, 1.54) is 18.5 Å². The van der Waals surface area contributed by atoms with Gasteiger partial charge in [-0.3, -0.25) is 4.79 Å². The van der Waals surface area contributed by atoms with Gasteiger partial charge in [0.15, 0.2) is 20.3 Å². The maximum Gasteiger partial charge on any atom is 0.247 e. The highest BCUT2D eigenvalue weighted by atomic mass is 35.5. The number of carbonyl (C=O) groups excluding carboxylic acids is 1. The van der Waals surface area contributed by atoms with E-state index < -0.39 is 20.2 Å². The Morgan fingerprint density at radius 3 is 2.61 bits per heavy atom. The number of rotatable bonds is 11. The molecule has 4 aromatic rings. The number of aromatic nitrogens is 3. The second-order valence-corrected chi connectivity index (χ2v) is 18.9. The molecule has 1 unspecified atom stereocenters. The third kappa shape index (κ3) is 7.12. The molecular weight excluding hydrogens is 618 g/mol. The third-order valence-corrected chi connectivity index (χ3v) is 14.2. The summed E-state index contributed by atoms with van der Waals surface area (Å²) in [7, 11) is -2.19. The summed E-state index contributed by atoms with van der Waals surface area (Å²) in [5.74, 6) is -0.306. The highest BCUT2D eigenvalue weighted by Gasteiger charge is 2.43. The molecule has 1 fully saturated rings. The van der Waals surface area contributed by atoms with Crippen LogP contribution in [0.15, 0.2) is 59.2 Å². The lowest BCUT2D eigenvalue weighted by molar-refractivity contribution is -0.118. The van der Waals surface area contributed by atoms with Crippen molar-refractivity contribution >= 4 is 54.6 Å². The van der Waals surface area contributed by atoms with Gasteiger partial charge in [-0.05, 0) is 85.6 Å². The van der Waals surface area contributed by atoms with Crippen molar-refractivity contribution in [3.8, 4) is 5.69 Å².